The molecule has 0 unspecified atom stereocenters. The molecule has 1 N–H and O–H groups in total. The van der Waals surface area contributed by atoms with Gasteiger partial charge in [-0.1, -0.05) is 0 Å². The van der Waals surface area contributed by atoms with E-state index in [1.54, 1.807) is 35.9 Å². The van der Waals surface area contributed by atoms with Crippen molar-refractivity contribution in [1.29, 1.82) is 0 Å². The fourth-order valence-electron chi connectivity index (χ4n) is 1.64. The lowest BCUT2D eigenvalue weighted by molar-refractivity contribution is 0.0950. The standard InChI is InChI=1S/C12H10N4OS/c17-11(9-1-3-13-4-2-9)14-7-10-8-16-5-6-18-12(16)15-10/h1-6,8H,7H2,(H,14,17). The van der Waals surface area contributed by atoms with Gasteiger partial charge in [0, 0.05) is 35.7 Å². The first-order valence-corrected chi connectivity index (χ1v) is 6.30. The molecular formula is C12H10N4OS. The molecule has 0 aliphatic rings. The maximum Gasteiger partial charge on any atom is 0.251 e. The second-order valence-corrected chi connectivity index (χ2v) is 4.62. The van der Waals surface area contributed by atoms with Crippen LogP contribution in [0.25, 0.3) is 4.96 Å². The average Bonchev–Trinajstić information content (AvgIpc) is 2.97. The SMILES string of the molecule is O=C(NCc1cn2ccsc2n1)c1ccncc1. The summed E-state index contributed by atoms with van der Waals surface area (Å²) in [4.78, 5) is 21.0. The van der Waals surface area contributed by atoms with Gasteiger partial charge >= 0.3 is 0 Å². The lowest BCUT2D eigenvalue weighted by Crippen LogP contribution is -2.22. The van der Waals surface area contributed by atoms with E-state index in [0.29, 0.717) is 12.1 Å². The summed E-state index contributed by atoms with van der Waals surface area (Å²) in [5, 5.41) is 4.80. The molecule has 6 heteroatoms. The zero-order chi connectivity index (χ0) is 12.4. The Balaban J connectivity index is 1.68. The predicted molar refractivity (Wildman–Crippen MR) is 68.5 cm³/mol. The van der Waals surface area contributed by atoms with Crippen molar-refractivity contribution >= 4 is 22.2 Å². The summed E-state index contributed by atoms with van der Waals surface area (Å²) in [6.45, 7) is 0.426. The third kappa shape index (κ3) is 2.10. The second kappa shape index (κ2) is 4.58. The van der Waals surface area contributed by atoms with Crippen molar-refractivity contribution in [1.82, 2.24) is 19.7 Å². The number of rotatable bonds is 3. The Morgan fingerprint density at radius 1 is 1.39 bits per heavy atom. The van der Waals surface area contributed by atoms with Gasteiger partial charge in [0.15, 0.2) is 4.96 Å². The highest BCUT2D eigenvalue weighted by Gasteiger charge is 2.06. The number of fused-ring (bicyclic) bond motifs is 1. The molecule has 0 radical (unpaired) electrons. The summed E-state index contributed by atoms with van der Waals surface area (Å²) in [6, 6.07) is 3.36. The molecule has 0 saturated carbocycles. The molecule has 3 aromatic heterocycles. The number of hydrogen-bond donors (Lipinski definition) is 1. The Bertz CT molecular complexity index is 645. The van der Waals surface area contributed by atoms with Crippen LogP contribution >= 0.6 is 11.3 Å². The normalized spacial score (nSPS) is 10.7. The minimum atomic E-state index is -0.117. The summed E-state index contributed by atoms with van der Waals surface area (Å²) in [6.07, 6.45) is 7.06. The van der Waals surface area contributed by atoms with Crippen molar-refractivity contribution in [2.45, 2.75) is 6.54 Å². The Labute approximate surface area is 107 Å². The fourth-order valence-corrected chi connectivity index (χ4v) is 2.36. The predicted octanol–water partition coefficient (Wildman–Crippen LogP) is 1.72. The second-order valence-electron chi connectivity index (χ2n) is 3.74. The van der Waals surface area contributed by atoms with Gasteiger partial charge in [0.2, 0.25) is 0 Å². The zero-order valence-electron chi connectivity index (χ0n) is 9.41. The minimum absolute atomic E-state index is 0.117. The molecule has 18 heavy (non-hydrogen) atoms. The molecule has 3 aromatic rings. The number of pyridine rings is 1. The molecule has 3 heterocycles. The third-order valence-corrected chi connectivity index (χ3v) is 3.29. The first-order chi connectivity index (χ1) is 8.83. The molecule has 0 saturated heterocycles. The molecule has 3 rings (SSSR count). The number of imidazole rings is 1. The third-order valence-electron chi connectivity index (χ3n) is 2.52. The van der Waals surface area contributed by atoms with Crippen molar-refractivity contribution in [3.05, 3.63) is 53.6 Å². The van der Waals surface area contributed by atoms with Crippen molar-refractivity contribution < 1.29 is 4.79 Å². The lowest BCUT2D eigenvalue weighted by Gasteiger charge is -2.02. The van der Waals surface area contributed by atoms with Gasteiger partial charge in [-0.25, -0.2) is 4.98 Å². The van der Waals surface area contributed by atoms with Gasteiger partial charge in [0.25, 0.3) is 5.91 Å². The fraction of sp³-hybridized carbons (Fsp3) is 0.0833. The highest BCUT2D eigenvalue weighted by Crippen LogP contribution is 2.11. The van der Waals surface area contributed by atoms with E-state index in [0.717, 1.165) is 10.7 Å². The van der Waals surface area contributed by atoms with Crippen LogP contribution in [0.4, 0.5) is 0 Å². The molecular weight excluding hydrogens is 248 g/mol. The Morgan fingerprint density at radius 3 is 3.00 bits per heavy atom. The number of nitrogens with one attached hydrogen (secondary N) is 1. The van der Waals surface area contributed by atoms with Crippen LogP contribution in [0.3, 0.4) is 0 Å². The van der Waals surface area contributed by atoms with Crippen LogP contribution in [0.15, 0.2) is 42.3 Å². The number of aromatic nitrogens is 3. The first-order valence-electron chi connectivity index (χ1n) is 5.42. The van der Waals surface area contributed by atoms with Crippen molar-refractivity contribution in [2.24, 2.45) is 0 Å². The smallest absolute Gasteiger partial charge is 0.251 e. The topological polar surface area (TPSA) is 59.3 Å². The van der Waals surface area contributed by atoms with E-state index in [1.165, 1.54) is 0 Å². The van der Waals surface area contributed by atoms with Gasteiger partial charge in [-0.05, 0) is 12.1 Å². The van der Waals surface area contributed by atoms with Crippen LogP contribution < -0.4 is 5.32 Å². The molecule has 1 amide bonds. The van der Waals surface area contributed by atoms with E-state index in [2.05, 4.69) is 15.3 Å². The maximum absolute atomic E-state index is 11.8. The van der Waals surface area contributed by atoms with Gasteiger partial charge in [-0.2, -0.15) is 0 Å². The van der Waals surface area contributed by atoms with E-state index >= 15 is 0 Å². The van der Waals surface area contributed by atoms with Crippen molar-refractivity contribution in [2.75, 3.05) is 0 Å². The van der Waals surface area contributed by atoms with E-state index in [-0.39, 0.29) is 5.91 Å². The number of thiazole rings is 1. The van der Waals surface area contributed by atoms with E-state index < -0.39 is 0 Å². The van der Waals surface area contributed by atoms with Crippen LogP contribution in [0.2, 0.25) is 0 Å². The van der Waals surface area contributed by atoms with Gasteiger partial charge in [0.1, 0.15) is 0 Å². The van der Waals surface area contributed by atoms with Crippen LogP contribution in [-0.2, 0) is 6.54 Å². The molecule has 90 valence electrons. The molecule has 0 aliphatic carbocycles. The first kappa shape index (κ1) is 10.9. The summed E-state index contributed by atoms with van der Waals surface area (Å²) in [7, 11) is 0. The van der Waals surface area contributed by atoms with Gasteiger partial charge < -0.3 is 5.32 Å². The number of nitrogens with zero attached hydrogens (tertiary/aromatic N) is 3. The van der Waals surface area contributed by atoms with Crippen LogP contribution in [0.5, 0.6) is 0 Å². The maximum atomic E-state index is 11.8. The number of amides is 1. The monoisotopic (exact) mass is 258 g/mol. The lowest BCUT2D eigenvalue weighted by atomic mass is 10.2. The quantitative estimate of drug-likeness (QED) is 0.778. The van der Waals surface area contributed by atoms with Crippen molar-refractivity contribution in [3.8, 4) is 0 Å². The van der Waals surface area contributed by atoms with E-state index in [4.69, 9.17) is 0 Å². The summed E-state index contributed by atoms with van der Waals surface area (Å²) < 4.78 is 1.94. The summed E-state index contributed by atoms with van der Waals surface area (Å²) in [5.41, 5.74) is 1.45. The van der Waals surface area contributed by atoms with Crippen LogP contribution in [0.1, 0.15) is 16.1 Å². The molecule has 0 atom stereocenters. The van der Waals surface area contributed by atoms with E-state index in [9.17, 15) is 4.79 Å². The van der Waals surface area contributed by atoms with Gasteiger partial charge in [0.05, 0.1) is 12.2 Å². The number of hydrogen-bond acceptors (Lipinski definition) is 4. The number of carbonyl (C=O) groups is 1. The Kier molecular flexibility index (Phi) is 2.77. The van der Waals surface area contributed by atoms with E-state index in [1.807, 2.05) is 22.2 Å². The summed E-state index contributed by atoms with van der Waals surface area (Å²) in [5.74, 6) is -0.117. The largest absolute Gasteiger partial charge is 0.346 e. The van der Waals surface area contributed by atoms with Crippen molar-refractivity contribution in [3.63, 3.8) is 0 Å². The van der Waals surface area contributed by atoms with Crippen LogP contribution in [0, 0.1) is 0 Å². The van der Waals surface area contributed by atoms with Crippen LogP contribution in [-0.4, -0.2) is 20.3 Å². The Morgan fingerprint density at radius 2 is 2.22 bits per heavy atom. The highest BCUT2D eigenvalue weighted by atomic mass is 32.1. The molecule has 0 spiro atoms. The number of carbonyl (C=O) groups excluding carboxylic acids is 1. The molecule has 0 aliphatic heterocycles. The molecule has 5 nitrogen and oxygen atoms in total. The zero-order valence-corrected chi connectivity index (χ0v) is 10.2. The Hall–Kier alpha value is -2.21. The van der Waals surface area contributed by atoms with Gasteiger partial charge in [-0.15, -0.1) is 11.3 Å². The highest BCUT2D eigenvalue weighted by molar-refractivity contribution is 7.15. The molecule has 0 aromatic carbocycles. The van der Waals surface area contributed by atoms with Gasteiger partial charge in [-0.3, -0.25) is 14.2 Å². The average molecular weight is 258 g/mol. The summed E-state index contributed by atoms with van der Waals surface area (Å²) >= 11 is 1.57. The molecule has 0 fully saturated rings. The minimum Gasteiger partial charge on any atom is -0.346 e. The molecule has 0 bridgehead atoms.